The number of hydrogen-bond donors (Lipinski definition) is 1. The van der Waals surface area contributed by atoms with Crippen LogP contribution in [0.15, 0.2) is 59.6 Å². The van der Waals surface area contributed by atoms with E-state index in [0.29, 0.717) is 25.9 Å². The number of piperidine rings is 1. The Hall–Kier alpha value is -2.93. The predicted octanol–water partition coefficient (Wildman–Crippen LogP) is 4.42. The molecule has 33 heavy (non-hydrogen) atoms. The third-order valence-corrected chi connectivity index (χ3v) is 7.49. The number of hydrogen-bond acceptors (Lipinski definition) is 5. The first-order chi connectivity index (χ1) is 16.0. The van der Waals surface area contributed by atoms with Crippen molar-refractivity contribution in [3.05, 3.63) is 70.1 Å². The summed E-state index contributed by atoms with van der Waals surface area (Å²) in [6, 6.07) is 13.7. The van der Waals surface area contributed by atoms with E-state index in [1.54, 1.807) is 16.2 Å². The number of carbonyl (C=O) groups is 3. The Morgan fingerprint density at radius 3 is 2.73 bits per heavy atom. The maximum Gasteiger partial charge on any atom is 0.317 e. The summed E-state index contributed by atoms with van der Waals surface area (Å²) in [7, 11) is 1.40. The largest absolute Gasteiger partial charge is 0.468 e. The van der Waals surface area contributed by atoms with Gasteiger partial charge in [0.2, 0.25) is 11.8 Å². The fourth-order valence-electron chi connectivity index (χ4n) is 5.02. The van der Waals surface area contributed by atoms with Crippen LogP contribution < -0.4 is 5.32 Å². The first-order valence-corrected chi connectivity index (χ1v) is 12.3. The van der Waals surface area contributed by atoms with E-state index >= 15 is 0 Å². The molecule has 4 rings (SSSR count). The highest BCUT2D eigenvalue weighted by Gasteiger charge is 2.53. The van der Waals surface area contributed by atoms with Crippen molar-refractivity contribution in [3.8, 4) is 0 Å². The molecule has 1 aliphatic carbocycles. The molecule has 1 aromatic heterocycles. The van der Waals surface area contributed by atoms with E-state index in [4.69, 9.17) is 4.74 Å². The quantitative estimate of drug-likeness (QED) is 0.613. The number of likely N-dealkylation sites (tertiary alicyclic amines) is 1. The second-order valence-electron chi connectivity index (χ2n) is 8.78. The van der Waals surface area contributed by atoms with Gasteiger partial charge in [0.1, 0.15) is 5.41 Å². The lowest BCUT2D eigenvalue weighted by atomic mass is 9.69. The number of amides is 2. The molecule has 2 amide bonds. The van der Waals surface area contributed by atoms with Gasteiger partial charge in [-0.1, -0.05) is 48.9 Å². The zero-order chi connectivity index (χ0) is 23.3. The minimum Gasteiger partial charge on any atom is -0.468 e. The first kappa shape index (κ1) is 23.2. The molecular weight excluding hydrogens is 436 g/mol. The number of ether oxygens (including phenoxy) is 1. The lowest BCUT2D eigenvalue weighted by Gasteiger charge is -2.46. The molecule has 7 heteroatoms. The van der Waals surface area contributed by atoms with E-state index in [0.717, 1.165) is 35.4 Å². The van der Waals surface area contributed by atoms with Crippen LogP contribution in [0.3, 0.4) is 0 Å². The van der Waals surface area contributed by atoms with Crippen molar-refractivity contribution in [2.75, 3.05) is 7.11 Å². The number of fused-ring (bicyclic) bond motifs is 1. The summed E-state index contributed by atoms with van der Waals surface area (Å²) in [5.74, 6) is -1.17. The molecule has 0 saturated carbocycles. The fraction of sp³-hybridized carbons (Fsp3) is 0.423. The molecule has 2 aromatic rings. The Labute approximate surface area is 198 Å². The molecule has 6 nitrogen and oxygen atoms in total. The fourth-order valence-corrected chi connectivity index (χ4v) is 5.67. The van der Waals surface area contributed by atoms with Gasteiger partial charge in [0, 0.05) is 22.9 Å². The molecule has 0 spiro atoms. The van der Waals surface area contributed by atoms with Gasteiger partial charge in [-0.2, -0.15) is 0 Å². The predicted molar refractivity (Wildman–Crippen MR) is 127 cm³/mol. The maximum atomic E-state index is 13.7. The minimum absolute atomic E-state index is 0.0571. The van der Waals surface area contributed by atoms with Crippen molar-refractivity contribution in [2.45, 2.75) is 51.6 Å². The summed E-state index contributed by atoms with van der Waals surface area (Å²) in [5, 5.41) is 4.89. The van der Waals surface area contributed by atoms with Crippen LogP contribution in [0, 0.1) is 11.3 Å². The van der Waals surface area contributed by atoms with Crippen LogP contribution in [0.1, 0.15) is 49.0 Å². The number of allylic oxidation sites excluding steroid dienone is 1. The Kier molecular flexibility index (Phi) is 7.28. The van der Waals surface area contributed by atoms with Crippen molar-refractivity contribution >= 4 is 29.1 Å². The average Bonchev–Trinajstić information content (AvgIpc) is 3.26. The van der Waals surface area contributed by atoms with Gasteiger partial charge in [0.15, 0.2) is 0 Å². The number of thiophene rings is 1. The van der Waals surface area contributed by atoms with Gasteiger partial charge in [0.25, 0.3) is 0 Å². The van der Waals surface area contributed by atoms with Crippen molar-refractivity contribution in [3.63, 3.8) is 0 Å². The molecule has 0 bridgehead atoms. The van der Waals surface area contributed by atoms with Crippen LogP contribution in [0.25, 0.3) is 0 Å². The average molecular weight is 467 g/mol. The summed E-state index contributed by atoms with van der Waals surface area (Å²) >= 11 is 1.58. The van der Waals surface area contributed by atoms with Crippen LogP contribution in [0.4, 0.5) is 0 Å². The third-order valence-electron chi connectivity index (χ3n) is 6.62. The highest BCUT2D eigenvalue weighted by Crippen LogP contribution is 2.49. The normalized spacial score (nSPS) is 22.7. The number of methoxy groups -OCH3 is 1. The van der Waals surface area contributed by atoms with Crippen molar-refractivity contribution in [1.29, 1.82) is 0 Å². The standard InChI is InChI=1S/C26H30N2O4S/c1-32-25(31)26-13-7-3-6-12-22(26)28(18-19-9-4-2-5-10-19)24(30)20(16-26)15-23(29)27-17-21-11-8-14-33-21/h2,4-5,8-12,14,20H,3,6-7,13,15-18H2,1H3,(H,27,29)/t20-,26+/m1/s1. The lowest BCUT2D eigenvalue weighted by molar-refractivity contribution is -0.160. The van der Waals surface area contributed by atoms with Crippen LogP contribution in [-0.4, -0.2) is 29.8 Å². The smallest absolute Gasteiger partial charge is 0.317 e. The zero-order valence-corrected chi connectivity index (χ0v) is 19.7. The number of nitrogens with zero attached hydrogens (tertiary/aromatic N) is 1. The number of benzene rings is 1. The zero-order valence-electron chi connectivity index (χ0n) is 18.9. The Morgan fingerprint density at radius 2 is 2.00 bits per heavy atom. The third kappa shape index (κ3) is 5.03. The van der Waals surface area contributed by atoms with Crippen LogP contribution in [0.5, 0.6) is 0 Å². The summed E-state index contributed by atoms with van der Waals surface area (Å²) in [6.07, 6.45) is 5.68. The lowest BCUT2D eigenvalue weighted by Crippen LogP contribution is -2.53. The highest BCUT2D eigenvalue weighted by molar-refractivity contribution is 7.09. The van der Waals surface area contributed by atoms with Gasteiger partial charge in [-0.25, -0.2) is 0 Å². The second-order valence-corrected chi connectivity index (χ2v) is 9.81. The molecule has 1 aliphatic heterocycles. The maximum absolute atomic E-state index is 13.7. The summed E-state index contributed by atoms with van der Waals surface area (Å²) in [5.41, 5.74) is 0.834. The number of carbonyl (C=O) groups excluding carboxylic acids is 3. The van der Waals surface area contributed by atoms with E-state index in [1.807, 2.05) is 53.9 Å². The molecular formula is C26H30N2O4S. The van der Waals surface area contributed by atoms with Gasteiger partial charge in [-0.15, -0.1) is 11.3 Å². The summed E-state index contributed by atoms with van der Waals surface area (Å²) in [6.45, 7) is 0.815. The monoisotopic (exact) mass is 466 g/mol. The molecule has 1 N–H and O–H groups in total. The van der Waals surface area contributed by atoms with Gasteiger partial charge >= 0.3 is 5.97 Å². The van der Waals surface area contributed by atoms with Gasteiger partial charge in [0.05, 0.1) is 20.2 Å². The van der Waals surface area contributed by atoms with Crippen LogP contribution in [0.2, 0.25) is 0 Å². The molecule has 2 aliphatic rings. The van der Waals surface area contributed by atoms with Crippen LogP contribution in [-0.2, 0) is 32.2 Å². The molecule has 1 saturated heterocycles. The van der Waals surface area contributed by atoms with E-state index in [1.165, 1.54) is 7.11 Å². The molecule has 1 aromatic carbocycles. The Bertz CT molecular complexity index is 1020. The Morgan fingerprint density at radius 1 is 1.18 bits per heavy atom. The summed E-state index contributed by atoms with van der Waals surface area (Å²) in [4.78, 5) is 42.4. The molecule has 2 atom stereocenters. The molecule has 2 heterocycles. The van der Waals surface area contributed by atoms with Crippen molar-refractivity contribution in [2.24, 2.45) is 11.3 Å². The molecule has 174 valence electrons. The highest BCUT2D eigenvalue weighted by atomic mass is 32.1. The van der Waals surface area contributed by atoms with Crippen LogP contribution >= 0.6 is 11.3 Å². The van der Waals surface area contributed by atoms with E-state index in [2.05, 4.69) is 5.32 Å². The molecule has 1 fully saturated rings. The number of esters is 1. The topological polar surface area (TPSA) is 75.7 Å². The van der Waals surface area contributed by atoms with Gasteiger partial charge < -0.3 is 15.0 Å². The number of rotatable bonds is 7. The van der Waals surface area contributed by atoms with E-state index in [-0.39, 0.29) is 24.2 Å². The molecule has 0 radical (unpaired) electrons. The van der Waals surface area contributed by atoms with Gasteiger partial charge in [-0.05, 0) is 42.7 Å². The van der Waals surface area contributed by atoms with Gasteiger partial charge in [-0.3, -0.25) is 14.4 Å². The first-order valence-electron chi connectivity index (χ1n) is 11.5. The second kappa shape index (κ2) is 10.3. The molecule has 0 unspecified atom stereocenters. The minimum atomic E-state index is -0.896. The van der Waals surface area contributed by atoms with Crippen molar-refractivity contribution < 1.29 is 19.1 Å². The SMILES string of the molecule is COC(=O)[C@]12CCCCC=C1N(Cc1ccccc1)C(=O)[C@H](CC(=O)NCc1cccs1)C2. The van der Waals surface area contributed by atoms with E-state index < -0.39 is 11.3 Å². The number of nitrogens with one attached hydrogen (secondary N) is 1. The van der Waals surface area contributed by atoms with E-state index in [9.17, 15) is 14.4 Å². The van der Waals surface area contributed by atoms with Crippen molar-refractivity contribution in [1.82, 2.24) is 10.2 Å². The summed E-state index contributed by atoms with van der Waals surface area (Å²) < 4.78 is 5.27. The Balaban J connectivity index is 1.62.